The third kappa shape index (κ3) is 9.50. The van der Waals surface area contributed by atoms with Crippen LogP contribution in [0.3, 0.4) is 0 Å². The average molecular weight is 396 g/mol. The lowest BCUT2D eigenvalue weighted by Crippen LogP contribution is -2.52. The highest BCUT2D eigenvalue weighted by Crippen LogP contribution is 2.24. The molecule has 0 unspecified atom stereocenters. The molecule has 0 saturated heterocycles. The minimum absolute atomic E-state index is 0.370. The van der Waals surface area contributed by atoms with E-state index in [9.17, 15) is 23.2 Å². The Hall–Kier alpha value is -1.97. The van der Waals surface area contributed by atoms with Crippen molar-refractivity contribution in [1.82, 2.24) is 4.90 Å². The van der Waals surface area contributed by atoms with Gasteiger partial charge in [0, 0.05) is 6.42 Å². The number of imide groups is 1. The van der Waals surface area contributed by atoms with Crippen LogP contribution in [0.1, 0.15) is 54.4 Å². The van der Waals surface area contributed by atoms with Crippen LogP contribution in [0.15, 0.2) is 0 Å². The van der Waals surface area contributed by atoms with Gasteiger partial charge in [-0.15, -0.1) is 0 Å². The molecule has 8 nitrogen and oxygen atoms in total. The summed E-state index contributed by atoms with van der Waals surface area (Å²) in [5.41, 5.74) is 3.00. The summed E-state index contributed by atoms with van der Waals surface area (Å²) in [5.74, 6) is -4.33. The molecule has 0 rings (SSSR count). The van der Waals surface area contributed by atoms with Crippen molar-refractivity contribution < 1.29 is 37.4 Å². The molecule has 0 bridgehead atoms. The molecule has 0 aliphatic rings. The van der Waals surface area contributed by atoms with Gasteiger partial charge in [0.05, 0.1) is 13.7 Å². The van der Waals surface area contributed by atoms with Gasteiger partial charge in [0.25, 0.3) is 5.92 Å². The molecule has 0 aliphatic carbocycles. The Morgan fingerprint density at radius 1 is 0.963 bits per heavy atom. The van der Waals surface area contributed by atoms with Crippen LogP contribution in [0.5, 0.6) is 0 Å². The number of rotatable bonds is 6. The van der Waals surface area contributed by atoms with Gasteiger partial charge in [0.1, 0.15) is 17.2 Å². The third-order valence-corrected chi connectivity index (χ3v) is 3.05. The molecule has 0 spiro atoms. The fourth-order valence-electron chi connectivity index (χ4n) is 1.89. The number of ether oxygens (including phenoxy) is 3. The summed E-state index contributed by atoms with van der Waals surface area (Å²) in [6.45, 7) is 8.35. The van der Waals surface area contributed by atoms with E-state index in [2.05, 4.69) is 4.74 Å². The van der Waals surface area contributed by atoms with Gasteiger partial charge >= 0.3 is 18.2 Å². The van der Waals surface area contributed by atoms with Crippen molar-refractivity contribution in [3.63, 3.8) is 0 Å². The maximum atomic E-state index is 13.6. The molecule has 0 aromatic carbocycles. The molecule has 0 aromatic rings. The van der Waals surface area contributed by atoms with E-state index in [0.29, 0.717) is 4.90 Å². The number of alkyl halides is 2. The lowest BCUT2D eigenvalue weighted by atomic mass is 10.1. The van der Waals surface area contributed by atoms with Gasteiger partial charge in [-0.3, -0.25) is 0 Å². The maximum absolute atomic E-state index is 13.6. The second kappa shape index (κ2) is 9.29. The smallest absolute Gasteiger partial charge is 0.420 e. The van der Waals surface area contributed by atoms with Crippen molar-refractivity contribution in [2.24, 2.45) is 5.73 Å². The number of nitrogens with zero attached hydrogens (tertiary/aromatic N) is 1. The van der Waals surface area contributed by atoms with E-state index >= 15 is 0 Å². The van der Waals surface area contributed by atoms with Gasteiger partial charge in [0.2, 0.25) is 0 Å². The topological polar surface area (TPSA) is 108 Å². The van der Waals surface area contributed by atoms with E-state index < -0.39 is 60.7 Å². The molecule has 0 radical (unpaired) electrons. The van der Waals surface area contributed by atoms with Gasteiger partial charge in [-0.1, -0.05) is 0 Å². The lowest BCUT2D eigenvalue weighted by Gasteiger charge is -2.32. The van der Waals surface area contributed by atoms with Gasteiger partial charge in [-0.05, 0) is 48.0 Å². The average Bonchev–Trinajstić information content (AvgIpc) is 2.46. The highest BCUT2D eigenvalue weighted by Gasteiger charge is 2.42. The minimum Gasteiger partial charge on any atom is -0.467 e. The zero-order valence-corrected chi connectivity index (χ0v) is 16.9. The summed E-state index contributed by atoms with van der Waals surface area (Å²) in [6.07, 6.45) is -3.83. The summed E-state index contributed by atoms with van der Waals surface area (Å²) >= 11 is 0. The fraction of sp³-hybridized carbons (Fsp3) is 0.824. The fourth-order valence-corrected chi connectivity index (χ4v) is 1.89. The number of hydrogen-bond donors (Lipinski definition) is 1. The van der Waals surface area contributed by atoms with Gasteiger partial charge in [0.15, 0.2) is 0 Å². The Bertz CT molecular complexity index is 513. The molecule has 0 heterocycles. The Morgan fingerprint density at radius 2 is 1.37 bits per heavy atom. The van der Waals surface area contributed by atoms with Crippen LogP contribution < -0.4 is 5.73 Å². The predicted molar refractivity (Wildman–Crippen MR) is 93.3 cm³/mol. The van der Waals surface area contributed by atoms with E-state index in [4.69, 9.17) is 15.2 Å². The van der Waals surface area contributed by atoms with Crippen LogP contribution in [-0.2, 0) is 19.0 Å². The largest absolute Gasteiger partial charge is 0.467 e. The quantitative estimate of drug-likeness (QED) is 0.543. The Morgan fingerprint density at radius 3 is 1.67 bits per heavy atom. The molecule has 0 aliphatic heterocycles. The van der Waals surface area contributed by atoms with Crippen LogP contribution in [0, 0.1) is 0 Å². The maximum Gasteiger partial charge on any atom is 0.420 e. The highest BCUT2D eigenvalue weighted by molar-refractivity contribution is 5.94. The summed E-state index contributed by atoms with van der Waals surface area (Å²) in [4.78, 5) is 37.6. The van der Waals surface area contributed by atoms with Crippen molar-refractivity contribution >= 4 is 18.2 Å². The van der Waals surface area contributed by atoms with E-state index in [1.807, 2.05) is 0 Å². The van der Waals surface area contributed by atoms with Crippen LogP contribution in [0.4, 0.5) is 18.4 Å². The molecule has 10 heteroatoms. The molecular formula is C17H30F2N2O6. The molecule has 2 N–H and O–H groups in total. The molecule has 0 saturated carbocycles. The van der Waals surface area contributed by atoms with Crippen LogP contribution in [-0.4, -0.2) is 59.9 Å². The van der Waals surface area contributed by atoms with E-state index in [0.717, 1.165) is 7.11 Å². The number of nitrogens with two attached hydrogens (primary N) is 1. The van der Waals surface area contributed by atoms with Gasteiger partial charge in [-0.2, -0.15) is 4.90 Å². The van der Waals surface area contributed by atoms with E-state index in [1.165, 1.54) is 0 Å². The molecule has 0 fully saturated rings. The van der Waals surface area contributed by atoms with Gasteiger partial charge in [-0.25, -0.2) is 23.2 Å². The van der Waals surface area contributed by atoms with Crippen LogP contribution in [0.2, 0.25) is 0 Å². The van der Waals surface area contributed by atoms with Crippen LogP contribution >= 0.6 is 0 Å². The van der Waals surface area contributed by atoms with Crippen LogP contribution in [0.25, 0.3) is 0 Å². The lowest BCUT2D eigenvalue weighted by molar-refractivity contribution is -0.147. The molecular weight excluding hydrogens is 366 g/mol. The zero-order chi connectivity index (χ0) is 21.6. The summed E-state index contributed by atoms with van der Waals surface area (Å²) in [7, 11) is 1.01. The first-order valence-corrected chi connectivity index (χ1v) is 8.44. The first kappa shape index (κ1) is 25.0. The minimum atomic E-state index is -3.28. The number of esters is 1. The third-order valence-electron chi connectivity index (χ3n) is 3.05. The summed E-state index contributed by atoms with van der Waals surface area (Å²) in [6, 6.07) is -1.66. The summed E-state index contributed by atoms with van der Waals surface area (Å²) in [5, 5.41) is 0. The van der Waals surface area contributed by atoms with Crippen molar-refractivity contribution in [3.8, 4) is 0 Å². The number of amides is 2. The first-order chi connectivity index (χ1) is 12.0. The van der Waals surface area contributed by atoms with Crippen molar-refractivity contribution in [1.29, 1.82) is 0 Å². The zero-order valence-electron chi connectivity index (χ0n) is 16.9. The molecule has 158 valence electrons. The standard InChI is InChI=1S/C17H30F2N2O6/c1-15(2,3)26-13(23)21(14(24)27-16(4,5)6)11(12(22)25-7)8-9-17(18,19)10-20/h11H,8-10,20H2,1-7H3/t11-/m0/s1. The molecule has 0 aromatic heterocycles. The number of carbonyl (C=O) groups excluding carboxylic acids is 3. The van der Waals surface area contributed by atoms with Gasteiger partial charge < -0.3 is 19.9 Å². The summed E-state index contributed by atoms with van der Waals surface area (Å²) < 4.78 is 42.0. The normalized spacial score (nSPS) is 13.6. The monoisotopic (exact) mass is 396 g/mol. The van der Waals surface area contributed by atoms with E-state index in [-0.39, 0.29) is 0 Å². The van der Waals surface area contributed by atoms with Crippen molar-refractivity contribution in [2.75, 3.05) is 13.7 Å². The van der Waals surface area contributed by atoms with Crippen molar-refractivity contribution in [3.05, 3.63) is 0 Å². The number of carbonyl (C=O) groups is 3. The SMILES string of the molecule is COC(=O)[C@H](CCC(F)(F)CN)N(C(=O)OC(C)(C)C)C(=O)OC(C)(C)C. The molecule has 27 heavy (non-hydrogen) atoms. The highest BCUT2D eigenvalue weighted by atomic mass is 19.3. The molecule has 1 atom stereocenters. The second-order valence-electron chi connectivity index (χ2n) is 7.97. The Balaban J connectivity index is 5.85. The van der Waals surface area contributed by atoms with E-state index in [1.54, 1.807) is 41.5 Å². The Labute approximate surface area is 158 Å². The number of halogens is 2. The predicted octanol–water partition coefficient (Wildman–Crippen LogP) is 3.07. The first-order valence-electron chi connectivity index (χ1n) is 8.44. The Kier molecular flexibility index (Phi) is 8.62. The molecule has 2 amide bonds. The number of methoxy groups -OCH3 is 1. The van der Waals surface area contributed by atoms with Crippen molar-refractivity contribution in [2.45, 2.75) is 77.6 Å². The number of hydrogen-bond acceptors (Lipinski definition) is 7. The second-order valence-corrected chi connectivity index (χ2v) is 7.97.